The molecule has 2 heteroatoms. The fraction of sp³-hybridized carbons (Fsp3) is 0.389. The highest BCUT2D eigenvalue weighted by Crippen LogP contribution is 2.07. The van der Waals surface area contributed by atoms with Crippen LogP contribution in [-0.2, 0) is 9.53 Å². The van der Waals surface area contributed by atoms with Crippen molar-refractivity contribution in [1.82, 2.24) is 0 Å². The third-order valence-corrected chi connectivity index (χ3v) is 2.92. The van der Waals surface area contributed by atoms with Gasteiger partial charge in [-0.25, -0.2) is 0 Å². The van der Waals surface area contributed by atoms with Crippen LogP contribution >= 0.6 is 0 Å². The van der Waals surface area contributed by atoms with E-state index >= 15 is 0 Å². The second-order valence-electron chi connectivity index (χ2n) is 4.97. The predicted molar refractivity (Wildman–Crippen MR) is 84.6 cm³/mol. The number of ether oxygens (including phenoxy) is 1. The van der Waals surface area contributed by atoms with Gasteiger partial charge in [-0.05, 0) is 37.3 Å². The first kappa shape index (κ1) is 16.4. The molecule has 0 spiro atoms. The van der Waals surface area contributed by atoms with Crippen molar-refractivity contribution in [1.29, 1.82) is 0 Å². The van der Waals surface area contributed by atoms with Crippen molar-refractivity contribution >= 4 is 11.9 Å². The van der Waals surface area contributed by atoms with Crippen molar-refractivity contribution in [3.05, 3.63) is 54.1 Å². The van der Waals surface area contributed by atoms with Crippen molar-refractivity contribution in [2.75, 3.05) is 13.2 Å². The third kappa shape index (κ3) is 7.70. The molecule has 0 saturated carbocycles. The van der Waals surface area contributed by atoms with Crippen LogP contribution in [0.5, 0.6) is 0 Å². The molecule has 108 valence electrons. The zero-order valence-electron chi connectivity index (χ0n) is 12.3. The summed E-state index contributed by atoms with van der Waals surface area (Å²) in [5, 5.41) is 0. The Morgan fingerprint density at radius 3 is 2.65 bits per heavy atom. The first-order chi connectivity index (χ1) is 9.72. The molecule has 1 rings (SSSR count). The Hall–Kier alpha value is -1.67. The van der Waals surface area contributed by atoms with E-state index in [-0.39, 0.29) is 12.4 Å². The maximum absolute atomic E-state index is 11.6. The fourth-order valence-corrected chi connectivity index (χ4v) is 1.88. The fourth-order valence-electron chi connectivity index (χ4n) is 1.88. The number of carbonyl (C=O) groups excluding carboxylic acids is 1. The molecule has 2 nitrogen and oxygen atoms in total. The van der Waals surface area contributed by atoms with E-state index in [0.717, 1.165) is 30.4 Å². The molecule has 0 aliphatic carbocycles. The molecular weight excluding hydrogens is 248 g/mol. The molecule has 0 bridgehead atoms. The van der Waals surface area contributed by atoms with Crippen molar-refractivity contribution in [3.63, 3.8) is 0 Å². The van der Waals surface area contributed by atoms with Gasteiger partial charge in [0.2, 0.25) is 0 Å². The molecule has 0 heterocycles. The average molecular weight is 272 g/mol. The average Bonchev–Trinajstić information content (AvgIpc) is 2.45. The van der Waals surface area contributed by atoms with Crippen LogP contribution in [0.2, 0.25) is 0 Å². The Labute approximate surface area is 122 Å². The normalized spacial score (nSPS) is 11.3. The minimum absolute atomic E-state index is 0.182. The summed E-state index contributed by atoms with van der Waals surface area (Å²) in [5.74, 6) is 0.182. The lowest BCUT2D eigenvalue weighted by molar-refractivity contribution is -0.123. The van der Waals surface area contributed by atoms with Crippen LogP contribution in [0.4, 0.5) is 0 Å². The number of rotatable bonds is 10. The lowest BCUT2D eigenvalue weighted by Gasteiger charge is -2.04. The van der Waals surface area contributed by atoms with Gasteiger partial charge in [0.1, 0.15) is 6.61 Å². The van der Waals surface area contributed by atoms with Gasteiger partial charge in [-0.1, -0.05) is 42.5 Å². The second kappa shape index (κ2) is 10.2. The van der Waals surface area contributed by atoms with Gasteiger partial charge in [-0.3, -0.25) is 4.79 Å². The summed E-state index contributed by atoms with van der Waals surface area (Å²) >= 11 is 0. The van der Waals surface area contributed by atoms with Gasteiger partial charge in [0.15, 0.2) is 5.78 Å². The number of hydrogen-bond donors (Lipinski definition) is 0. The molecule has 0 fully saturated rings. The molecule has 0 aliphatic rings. The van der Waals surface area contributed by atoms with Crippen LogP contribution in [0.15, 0.2) is 48.6 Å². The van der Waals surface area contributed by atoms with Gasteiger partial charge in [-0.15, -0.1) is 6.58 Å². The van der Waals surface area contributed by atoms with Crippen LogP contribution in [0.3, 0.4) is 0 Å². The predicted octanol–water partition coefficient (Wildman–Crippen LogP) is 4.42. The molecule has 0 unspecified atom stereocenters. The van der Waals surface area contributed by atoms with Gasteiger partial charge in [0.05, 0.1) is 6.61 Å². The lowest BCUT2D eigenvalue weighted by Crippen LogP contribution is -2.09. The minimum atomic E-state index is 0.182. The summed E-state index contributed by atoms with van der Waals surface area (Å²) < 4.78 is 5.45. The smallest absolute Gasteiger partial charge is 0.158 e. The Bertz CT molecular complexity index is 432. The van der Waals surface area contributed by atoms with Crippen LogP contribution in [-0.4, -0.2) is 19.0 Å². The largest absolute Gasteiger partial charge is 0.369 e. The first-order valence-corrected chi connectivity index (χ1v) is 7.15. The SMILES string of the molecule is C=CCCCCC(=O)COC/C(C)=C/c1ccccc1. The molecule has 1 aromatic rings. The van der Waals surface area contributed by atoms with Gasteiger partial charge >= 0.3 is 0 Å². The summed E-state index contributed by atoms with van der Waals surface area (Å²) in [5.41, 5.74) is 2.28. The topological polar surface area (TPSA) is 26.3 Å². The Balaban J connectivity index is 2.18. The third-order valence-electron chi connectivity index (χ3n) is 2.92. The van der Waals surface area contributed by atoms with Crippen LogP contribution in [0.25, 0.3) is 6.08 Å². The molecule has 0 amide bonds. The molecular formula is C18H24O2. The maximum Gasteiger partial charge on any atom is 0.158 e. The van der Waals surface area contributed by atoms with Crippen molar-refractivity contribution < 1.29 is 9.53 Å². The number of hydrogen-bond acceptors (Lipinski definition) is 2. The molecule has 0 N–H and O–H groups in total. The zero-order chi connectivity index (χ0) is 14.6. The zero-order valence-corrected chi connectivity index (χ0v) is 12.3. The van der Waals surface area contributed by atoms with Crippen molar-refractivity contribution in [2.24, 2.45) is 0 Å². The summed E-state index contributed by atoms with van der Waals surface area (Å²) in [4.78, 5) is 11.6. The van der Waals surface area contributed by atoms with E-state index < -0.39 is 0 Å². The van der Waals surface area contributed by atoms with E-state index in [1.54, 1.807) is 0 Å². The second-order valence-corrected chi connectivity index (χ2v) is 4.97. The number of unbranched alkanes of at least 4 members (excludes halogenated alkanes) is 2. The van der Waals surface area contributed by atoms with Gasteiger partial charge < -0.3 is 4.74 Å². The first-order valence-electron chi connectivity index (χ1n) is 7.15. The van der Waals surface area contributed by atoms with Gasteiger partial charge in [-0.2, -0.15) is 0 Å². The van der Waals surface area contributed by atoms with E-state index in [2.05, 4.69) is 12.7 Å². The van der Waals surface area contributed by atoms with Crippen LogP contribution in [0, 0.1) is 0 Å². The van der Waals surface area contributed by atoms with Crippen LogP contribution in [0.1, 0.15) is 38.2 Å². The van der Waals surface area contributed by atoms with E-state index in [0.29, 0.717) is 13.0 Å². The van der Waals surface area contributed by atoms with Gasteiger partial charge in [0.25, 0.3) is 0 Å². The van der Waals surface area contributed by atoms with E-state index in [1.807, 2.05) is 43.3 Å². The monoisotopic (exact) mass is 272 g/mol. The highest BCUT2D eigenvalue weighted by atomic mass is 16.5. The number of carbonyl (C=O) groups is 1. The number of allylic oxidation sites excluding steroid dienone is 1. The highest BCUT2D eigenvalue weighted by molar-refractivity contribution is 5.79. The maximum atomic E-state index is 11.6. The molecule has 20 heavy (non-hydrogen) atoms. The summed E-state index contributed by atoms with van der Waals surface area (Å²) in [6.07, 6.45) is 7.50. The molecule has 0 aliphatic heterocycles. The number of benzene rings is 1. The Morgan fingerprint density at radius 2 is 1.95 bits per heavy atom. The Morgan fingerprint density at radius 1 is 1.20 bits per heavy atom. The quantitative estimate of drug-likeness (QED) is 0.465. The van der Waals surface area contributed by atoms with E-state index in [1.165, 1.54) is 0 Å². The van der Waals surface area contributed by atoms with Gasteiger partial charge in [0, 0.05) is 6.42 Å². The van der Waals surface area contributed by atoms with Crippen molar-refractivity contribution in [2.45, 2.75) is 32.6 Å². The molecule has 0 aromatic heterocycles. The number of Topliss-reactive ketones (excluding diaryl/α,β-unsaturated/α-hetero) is 1. The lowest BCUT2D eigenvalue weighted by atomic mass is 10.1. The van der Waals surface area contributed by atoms with Crippen molar-refractivity contribution in [3.8, 4) is 0 Å². The minimum Gasteiger partial charge on any atom is -0.369 e. The summed E-state index contributed by atoms with van der Waals surface area (Å²) in [6.45, 7) is 6.40. The van der Waals surface area contributed by atoms with Crippen LogP contribution < -0.4 is 0 Å². The van der Waals surface area contributed by atoms with E-state index in [9.17, 15) is 4.79 Å². The standard InChI is InChI=1S/C18H24O2/c1-3-4-5-9-12-18(19)15-20-14-16(2)13-17-10-7-6-8-11-17/h3,6-8,10-11,13H,1,4-5,9,12,14-15H2,2H3/b16-13+. The highest BCUT2D eigenvalue weighted by Gasteiger charge is 2.02. The Kier molecular flexibility index (Phi) is 8.32. The summed E-state index contributed by atoms with van der Waals surface area (Å²) in [7, 11) is 0. The molecule has 0 radical (unpaired) electrons. The van der Waals surface area contributed by atoms with E-state index in [4.69, 9.17) is 4.74 Å². The molecule has 0 saturated heterocycles. The molecule has 0 atom stereocenters. The summed E-state index contributed by atoms with van der Waals surface area (Å²) in [6, 6.07) is 10.1. The number of ketones is 1. The molecule has 1 aromatic carbocycles.